The molecule has 0 saturated carbocycles. The molecular weight excluding hydrogens is 226 g/mol. The largest absolute Gasteiger partial charge is 0.492 e. The zero-order valence-electron chi connectivity index (χ0n) is 10.6. The second-order valence-electron chi connectivity index (χ2n) is 4.49. The zero-order chi connectivity index (χ0) is 13.0. The van der Waals surface area contributed by atoms with Crippen molar-refractivity contribution in [3.63, 3.8) is 0 Å². The van der Waals surface area contributed by atoms with Crippen molar-refractivity contribution in [2.45, 2.75) is 32.7 Å². The van der Waals surface area contributed by atoms with Gasteiger partial charge in [-0.3, -0.25) is 0 Å². The van der Waals surface area contributed by atoms with E-state index in [1.54, 1.807) is 6.20 Å². The lowest BCUT2D eigenvalue weighted by atomic mass is 10.2. The van der Waals surface area contributed by atoms with Crippen LogP contribution in [0.2, 0.25) is 0 Å². The predicted molar refractivity (Wildman–Crippen MR) is 72.5 cm³/mol. The first-order valence-corrected chi connectivity index (χ1v) is 6.28. The van der Waals surface area contributed by atoms with Crippen LogP contribution in [-0.2, 0) is 13.0 Å². The minimum absolute atomic E-state index is 0.0940. The molecule has 0 bridgehead atoms. The number of imidazole rings is 1. The van der Waals surface area contributed by atoms with E-state index in [0.29, 0.717) is 6.54 Å². The van der Waals surface area contributed by atoms with E-state index in [1.165, 1.54) is 0 Å². The molecule has 2 aromatic rings. The van der Waals surface area contributed by atoms with Crippen molar-refractivity contribution in [2.75, 3.05) is 5.73 Å². The van der Waals surface area contributed by atoms with Gasteiger partial charge in [0.25, 0.3) is 0 Å². The Morgan fingerprint density at radius 1 is 1.28 bits per heavy atom. The van der Waals surface area contributed by atoms with Gasteiger partial charge < -0.3 is 15.4 Å². The van der Waals surface area contributed by atoms with E-state index in [2.05, 4.69) is 11.9 Å². The van der Waals surface area contributed by atoms with Crippen molar-refractivity contribution in [3.05, 3.63) is 41.9 Å². The van der Waals surface area contributed by atoms with Crippen molar-refractivity contribution >= 4 is 5.69 Å². The van der Waals surface area contributed by atoms with E-state index in [9.17, 15) is 5.11 Å². The van der Waals surface area contributed by atoms with Crippen LogP contribution in [0, 0.1) is 0 Å². The number of nitrogens with two attached hydrogens (primary N) is 1. The average molecular weight is 245 g/mol. The third kappa shape index (κ3) is 3.03. The molecule has 0 aliphatic heterocycles. The second-order valence-corrected chi connectivity index (χ2v) is 4.49. The fraction of sp³-hybridized carbons (Fsp3) is 0.357. The summed E-state index contributed by atoms with van der Waals surface area (Å²) < 4.78 is 2.00. The standard InChI is InChI=1S/C14H19N3O/c1-2-3-4-13-16-14(18)10-17(13)9-11-5-7-12(15)8-6-11/h5-8,10,18H,2-4,9,15H2,1H3. The highest BCUT2D eigenvalue weighted by Gasteiger charge is 2.07. The van der Waals surface area contributed by atoms with Crippen LogP contribution in [0.4, 0.5) is 5.69 Å². The number of hydrogen-bond acceptors (Lipinski definition) is 3. The number of unbranched alkanes of at least 4 members (excludes halogenated alkanes) is 1. The van der Waals surface area contributed by atoms with Crippen LogP contribution in [0.1, 0.15) is 31.2 Å². The third-order valence-corrected chi connectivity index (χ3v) is 2.93. The molecule has 1 heterocycles. The first-order chi connectivity index (χ1) is 8.69. The van der Waals surface area contributed by atoms with Gasteiger partial charge in [0.05, 0.1) is 6.20 Å². The maximum atomic E-state index is 9.50. The van der Waals surface area contributed by atoms with Crippen LogP contribution in [0.15, 0.2) is 30.5 Å². The smallest absolute Gasteiger partial charge is 0.229 e. The number of aromatic nitrogens is 2. The molecule has 0 fully saturated rings. The number of anilines is 1. The van der Waals surface area contributed by atoms with Crippen molar-refractivity contribution in [3.8, 4) is 5.88 Å². The lowest BCUT2D eigenvalue weighted by Gasteiger charge is -2.07. The Balaban J connectivity index is 2.14. The number of rotatable bonds is 5. The maximum Gasteiger partial charge on any atom is 0.229 e. The molecule has 2 rings (SSSR count). The van der Waals surface area contributed by atoms with E-state index in [4.69, 9.17) is 5.73 Å². The fourth-order valence-electron chi connectivity index (χ4n) is 1.93. The van der Waals surface area contributed by atoms with Gasteiger partial charge in [0.15, 0.2) is 0 Å². The first-order valence-electron chi connectivity index (χ1n) is 6.28. The first kappa shape index (κ1) is 12.5. The molecule has 0 aliphatic rings. The van der Waals surface area contributed by atoms with Gasteiger partial charge in [-0.25, -0.2) is 0 Å². The molecule has 1 aromatic heterocycles. The maximum absolute atomic E-state index is 9.50. The summed E-state index contributed by atoms with van der Waals surface area (Å²) in [4.78, 5) is 4.16. The fourth-order valence-corrected chi connectivity index (χ4v) is 1.93. The Labute approximate surface area is 107 Å². The van der Waals surface area contributed by atoms with Gasteiger partial charge in [0, 0.05) is 18.7 Å². The number of aromatic hydroxyl groups is 1. The van der Waals surface area contributed by atoms with Crippen molar-refractivity contribution < 1.29 is 5.11 Å². The molecule has 0 aliphatic carbocycles. The summed E-state index contributed by atoms with van der Waals surface area (Å²) in [5.74, 6) is 1.03. The quantitative estimate of drug-likeness (QED) is 0.796. The number of aryl methyl sites for hydroxylation is 1. The molecule has 3 N–H and O–H groups in total. The molecule has 0 amide bonds. The summed E-state index contributed by atoms with van der Waals surface area (Å²) in [6.45, 7) is 2.86. The Kier molecular flexibility index (Phi) is 3.87. The lowest BCUT2D eigenvalue weighted by molar-refractivity contribution is 0.454. The van der Waals surface area contributed by atoms with Gasteiger partial charge in [0.2, 0.25) is 5.88 Å². The molecule has 0 radical (unpaired) electrons. The molecule has 0 saturated heterocycles. The van der Waals surface area contributed by atoms with Crippen LogP contribution in [0.3, 0.4) is 0 Å². The molecule has 4 nitrogen and oxygen atoms in total. The normalized spacial score (nSPS) is 10.7. The number of hydrogen-bond donors (Lipinski definition) is 2. The van der Waals surface area contributed by atoms with Gasteiger partial charge in [-0.1, -0.05) is 25.5 Å². The predicted octanol–water partition coefficient (Wildman–Crippen LogP) is 2.56. The van der Waals surface area contributed by atoms with E-state index < -0.39 is 0 Å². The lowest BCUT2D eigenvalue weighted by Crippen LogP contribution is -2.04. The highest BCUT2D eigenvalue weighted by atomic mass is 16.3. The third-order valence-electron chi connectivity index (χ3n) is 2.93. The molecule has 0 atom stereocenters. The average Bonchev–Trinajstić information content (AvgIpc) is 2.70. The molecular formula is C14H19N3O. The topological polar surface area (TPSA) is 64.1 Å². The Bertz CT molecular complexity index is 502. The van der Waals surface area contributed by atoms with Crippen LogP contribution in [0.25, 0.3) is 0 Å². The van der Waals surface area contributed by atoms with E-state index in [-0.39, 0.29) is 5.88 Å². The van der Waals surface area contributed by atoms with E-state index in [0.717, 1.165) is 36.3 Å². The molecule has 96 valence electrons. The van der Waals surface area contributed by atoms with Crippen LogP contribution in [0.5, 0.6) is 5.88 Å². The van der Waals surface area contributed by atoms with Crippen LogP contribution >= 0.6 is 0 Å². The minimum atomic E-state index is 0.0940. The second kappa shape index (κ2) is 5.58. The molecule has 0 unspecified atom stereocenters. The van der Waals surface area contributed by atoms with Gasteiger partial charge in [-0.2, -0.15) is 4.98 Å². The number of nitrogen functional groups attached to an aromatic ring is 1. The number of nitrogens with zero attached hydrogens (tertiary/aromatic N) is 2. The Hall–Kier alpha value is -1.97. The van der Waals surface area contributed by atoms with E-state index in [1.807, 2.05) is 28.8 Å². The Morgan fingerprint density at radius 2 is 2.00 bits per heavy atom. The van der Waals surface area contributed by atoms with Crippen LogP contribution in [-0.4, -0.2) is 14.7 Å². The van der Waals surface area contributed by atoms with Crippen molar-refractivity contribution in [2.24, 2.45) is 0 Å². The van der Waals surface area contributed by atoms with Crippen molar-refractivity contribution in [1.29, 1.82) is 0 Å². The summed E-state index contributed by atoms with van der Waals surface area (Å²) in [5.41, 5.74) is 7.58. The van der Waals surface area contributed by atoms with Gasteiger partial charge in [-0.15, -0.1) is 0 Å². The number of benzene rings is 1. The summed E-state index contributed by atoms with van der Waals surface area (Å²) in [6.07, 6.45) is 4.78. The van der Waals surface area contributed by atoms with Crippen molar-refractivity contribution in [1.82, 2.24) is 9.55 Å². The summed E-state index contributed by atoms with van der Waals surface area (Å²) >= 11 is 0. The summed E-state index contributed by atoms with van der Waals surface area (Å²) in [6, 6.07) is 7.77. The summed E-state index contributed by atoms with van der Waals surface area (Å²) in [5, 5.41) is 9.50. The molecule has 4 heteroatoms. The minimum Gasteiger partial charge on any atom is -0.492 e. The van der Waals surface area contributed by atoms with Gasteiger partial charge in [0.1, 0.15) is 5.82 Å². The highest BCUT2D eigenvalue weighted by molar-refractivity contribution is 5.39. The Morgan fingerprint density at radius 3 is 2.67 bits per heavy atom. The molecule has 1 aromatic carbocycles. The zero-order valence-corrected chi connectivity index (χ0v) is 10.6. The highest BCUT2D eigenvalue weighted by Crippen LogP contribution is 2.15. The van der Waals surface area contributed by atoms with E-state index >= 15 is 0 Å². The summed E-state index contributed by atoms with van der Waals surface area (Å²) in [7, 11) is 0. The SMILES string of the molecule is CCCCc1nc(O)cn1Cc1ccc(N)cc1. The van der Waals surface area contributed by atoms with Gasteiger partial charge in [-0.05, 0) is 24.1 Å². The monoisotopic (exact) mass is 245 g/mol. The molecule has 18 heavy (non-hydrogen) atoms. The van der Waals surface area contributed by atoms with Gasteiger partial charge >= 0.3 is 0 Å². The van der Waals surface area contributed by atoms with Crippen LogP contribution < -0.4 is 5.73 Å². The molecule has 0 spiro atoms.